The molecule has 0 fully saturated rings. The molecule has 0 N–H and O–H groups in total. The Morgan fingerprint density at radius 2 is 1.69 bits per heavy atom. The third-order valence-electron chi connectivity index (χ3n) is 8.65. The predicted octanol–water partition coefficient (Wildman–Crippen LogP) is 7.62. The highest BCUT2D eigenvalue weighted by molar-refractivity contribution is 7.98. The van der Waals surface area contributed by atoms with E-state index >= 15 is 0 Å². The summed E-state index contributed by atoms with van der Waals surface area (Å²) in [6, 6.07) is 32.9. The molecule has 0 bridgehead atoms. The molecule has 7 rings (SSSR count). The maximum atomic E-state index is 14.6. The van der Waals surface area contributed by atoms with Crippen molar-refractivity contribution >= 4 is 63.3 Å². The zero-order valence-corrected chi connectivity index (χ0v) is 29.0. The van der Waals surface area contributed by atoms with Gasteiger partial charge in [-0.1, -0.05) is 102 Å². The lowest BCUT2D eigenvalue weighted by Crippen LogP contribution is -2.40. The lowest BCUT2D eigenvalue weighted by atomic mass is 9.93. The molecule has 0 spiro atoms. The highest BCUT2D eigenvalue weighted by Crippen LogP contribution is 2.36. The van der Waals surface area contributed by atoms with E-state index in [2.05, 4.69) is 23.6 Å². The van der Waals surface area contributed by atoms with Gasteiger partial charge in [0.15, 0.2) is 4.80 Å². The van der Waals surface area contributed by atoms with E-state index in [1.54, 1.807) is 23.3 Å². The second-order valence-corrected chi connectivity index (χ2v) is 13.7. The lowest BCUT2D eigenvalue weighted by molar-refractivity contribution is -0.138. The van der Waals surface area contributed by atoms with Gasteiger partial charge in [-0.2, -0.15) is 0 Å². The molecule has 0 aliphatic carbocycles. The van der Waals surface area contributed by atoms with Crippen molar-refractivity contribution in [2.24, 2.45) is 4.99 Å². The number of carbonyl (C=O) groups excluding carboxylic acids is 1. The molecule has 1 aliphatic heterocycles. The monoisotopic (exact) mass is 689 g/mol. The van der Waals surface area contributed by atoms with Crippen LogP contribution in [0, 0.1) is 6.92 Å². The topological polar surface area (TPSA) is 65.6 Å². The Bertz CT molecular complexity index is 2390. The Morgan fingerprint density at radius 1 is 0.979 bits per heavy atom. The minimum absolute atomic E-state index is 0.199. The zero-order valence-electron chi connectivity index (χ0n) is 26.6. The molecule has 9 heteroatoms. The largest absolute Gasteiger partial charge is 0.463 e. The first-order valence-electron chi connectivity index (χ1n) is 15.6. The van der Waals surface area contributed by atoms with Crippen molar-refractivity contribution in [3.8, 4) is 0 Å². The van der Waals surface area contributed by atoms with Crippen LogP contribution in [-0.4, -0.2) is 28.0 Å². The summed E-state index contributed by atoms with van der Waals surface area (Å²) in [5, 5.41) is 1.75. The van der Waals surface area contributed by atoms with Gasteiger partial charge in [-0.05, 0) is 61.6 Å². The molecular weight excluding hydrogens is 658 g/mol. The molecule has 240 valence electrons. The Balaban J connectivity index is 1.47. The van der Waals surface area contributed by atoms with Crippen LogP contribution >= 0.6 is 34.7 Å². The van der Waals surface area contributed by atoms with Crippen molar-refractivity contribution in [2.75, 3.05) is 12.9 Å². The first-order chi connectivity index (χ1) is 23.4. The van der Waals surface area contributed by atoms with E-state index in [0.717, 1.165) is 43.7 Å². The molecule has 2 aromatic heterocycles. The predicted molar refractivity (Wildman–Crippen MR) is 197 cm³/mol. The molecule has 0 saturated carbocycles. The first kappa shape index (κ1) is 31.9. The fourth-order valence-electron chi connectivity index (χ4n) is 6.31. The van der Waals surface area contributed by atoms with E-state index in [4.69, 9.17) is 21.3 Å². The quantitative estimate of drug-likeness (QED) is 0.122. The molecular formula is C39H32ClN3O3S2. The Kier molecular flexibility index (Phi) is 8.96. The second kappa shape index (κ2) is 13.5. The number of carbonyl (C=O) groups is 1. The summed E-state index contributed by atoms with van der Waals surface area (Å²) in [6.45, 7) is 4.64. The van der Waals surface area contributed by atoms with Gasteiger partial charge < -0.3 is 9.30 Å². The summed E-state index contributed by atoms with van der Waals surface area (Å²) in [4.78, 5) is 35.0. The third kappa shape index (κ3) is 5.74. The summed E-state index contributed by atoms with van der Waals surface area (Å²) < 4.78 is 10.0. The summed E-state index contributed by atoms with van der Waals surface area (Å²) in [7, 11) is 0. The summed E-state index contributed by atoms with van der Waals surface area (Å²) in [5.41, 5.74) is 6.26. The Hall–Kier alpha value is -4.63. The minimum atomic E-state index is -0.726. The number of aromatic nitrogens is 2. The van der Waals surface area contributed by atoms with Crippen LogP contribution in [0.15, 0.2) is 123 Å². The Morgan fingerprint density at radius 3 is 2.42 bits per heavy atom. The van der Waals surface area contributed by atoms with Gasteiger partial charge in [-0.25, -0.2) is 9.79 Å². The van der Waals surface area contributed by atoms with Gasteiger partial charge in [0, 0.05) is 44.2 Å². The number of para-hydroxylation sites is 1. The first-order valence-corrected chi connectivity index (χ1v) is 18.0. The number of nitrogens with zero attached hydrogens (tertiary/aromatic N) is 3. The van der Waals surface area contributed by atoms with Gasteiger partial charge in [-0.15, -0.1) is 11.8 Å². The average molecular weight is 690 g/mol. The molecule has 0 saturated heterocycles. The number of rotatable bonds is 8. The fourth-order valence-corrected chi connectivity index (χ4v) is 7.90. The van der Waals surface area contributed by atoms with Crippen LogP contribution in [-0.2, 0) is 16.1 Å². The molecule has 0 unspecified atom stereocenters. The molecule has 6 aromatic rings. The molecule has 48 heavy (non-hydrogen) atoms. The maximum Gasteiger partial charge on any atom is 0.338 e. The Labute approximate surface area is 291 Å². The molecule has 0 radical (unpaired) electrons. The minimum Gasteiger partial charge on any atom is -0.463 e. The lowest BCUT2D eigenvalue weighted by Gasteiger charge is -2.26. The number of benzene rings is 4. The van der Waals surface area contributed by atoms with Crippen molar-refractivity contribution in [2.45, 2.75) is 31.3 Å². The second-order valence-electron chi connectivity index (χ2n) is 11.4. The summed E-state index contributed by atoms with van der Waals surface area (Å²) in [6.07, 6.45) is 3.98. The highest BCUT2D eigenvalue weighted by atomic mass is 35.5. The van der Waals surface area contributed by atoms with Crippen molar-refractivity contribution in [1.82, 2.24) is 9.13 Å². The number of thioether (sulfide) groups is 1. The summed E-state index contributed by atoms with van der Waals surface area (Å²) in [5.74, 6) is -0.494. The standard InChI is InChI=1S/C39H32ClN3O3S2/c1-4-46-38(45)34-35(25-12-6-5-7-13-25)41-39-43(36(34)26-18-20-28(47-3)21-19-26)37(44)33(48-39)22-30-24(2)42(32-17-11-9-15-29(30)32)23-27-14-8-10-16-31(27)40/h5-22,36H,4,23H2,1-3H3/b33-22-/t36-/m0/s1. The van der Waals surface area contributed by atoms with E-state index in [0.29, 0.717) is 32.2 Å². The highest BCUT2D eigenvalue weighted by Gasteiger charge is 2.35. The van der Waals surface area contributed by atoms with Crippen molar-refractivity contribution in [3.63, 3.8) is 0 Å². The number of esters is 1. The van der Waals surface area contributed by atoms with Crippen molar-refractivity contribution < 1.29 is 9.53 Å². The zero-order chi connectivity index (χ0) is 33.4. The SMILES string of the molecule is CCOC(=O)C1=C(c2ccccc2)N=c2s/c(=C\c3c(C)n(Cc4ccccc4Cl)c4ccccc34)c(=O)n2[C@H]1c1ccc(SC)cc1. The van der Waals surface area contributed by atoms with E-state index in [1.165, 1.54) is 11.3 Å². The molecule has 4 aromatic carbocycles. The van der Waals surface area contributed by atoms with Gasteiger partial charge in [0.05, 0.1) is 28.5 Å². The van der Waals surface area contributed by atoms with Gasteiger partial charge in [0.1, 0.15) is 0 Å². The number of hydrogen-bond acceptors (Lipinski definition) is 6. The van der Waals surface area contributed by atoms with E-state index in [9.17, 15) is 9.59 Å². The normalized spacial score (nSPS) is 14.7. The van der Waals surface area contributed by atoms with Crippen LogP contribution in [0.2, 0.25) is 5.02 Å². The maximum absolute atomic E-state index is 14.6. The van der Waals surface area contributed by atoms with Crippen LogP contribution in [0.25, 0.3) is 22.7 Å². The fraction of sp³-hybridized carbons (Fsp3) is 0.154. The number of fused-ring (bicyclic) bond motifs is 2. The van der Waals surface area contributed by atoms with Gasteiger partial charge in [0.25, 0.3) is 5.56 Å². The molecule has 3 heterocycles. The molecule has 0 amide bonds. The van der Waals surface area contributed by atoms with E-state index in [1.807, 2.05) is 103 Å². The number of ether oxygens (including phenoxy) is 1. The van der Waals surface area contributed by atoms with Gasteiger partial charge >= 0.3 is 5.97 Å². The third-order valence-corrected chi connectivity index (χ3v) is 10.7. The van der Waals surface area contributed by atoms with Crippen LogP contribution < -0.4 is 14.9 Å². The average Bonchev–Trinajstić information content (AvgIpc) is 3.57. The molecule has 1 atom stereocenters. The van der Waals surface area contributed by atoms with Crippen LogP contribution in [0.4, 0.5) is 0 Å². The molecule has 6 nitrogen and oxygen atoms in total. The van der Waals surface area contributed by atoms with Crippen LogP contribution in [0.5, 0.6) is 0 Å². The smallest absolute Gasteiger partial charge is 0.338 e. The van der Waals surface area contributed by atoms with E-state index in [-0.39, 0.29) is 12.2 Å². The van der Waals surface area contributed by atoms with Crippen molar-refractivity contribution in [3.05, 3.63) is 161 Å². The molecule has 1 aliphatic rings. The summed E-state index contributed by atoms with van der Waals surface area (Å²) >= 11 is 9.53. The van der Waals surface area contributed by atoms with Crippen molar-refractivity contribution in [1.29, 1.82) is 0 Å². The van der Waals surface area contributed by atoms with Gasteiger partial charge in [0.2, 0.25) is 0 Å². The number of halogens is 1. The van der Waals surface area contributed by atoms with Crippen LogP contribution in [0.3, 0.4) is 0 Å². The van der Waals surface area contributed by atoms with Gasteiger partial charge in [-0.3, -0.25) is 9.36 Å². The number of hydrogen-bond donors (Lipinski definition) is 0. The van der Waals surface area contributed by atoms with E-state index < -0.39 is 12.0 Å². The number of thiazole rings is 1. The van der Waals surface area contributed by atoms with Crippen LogP contribution in [0.1, 0.15) is 40.9 Å².